The molecule has 1 fully saturated rings. The van der Waals surface area contributed by atoms with Gasteiger partial charge in [0, 0.05) is 24.9 Å². The zero-order valence-electron chi connectivity index (χ0n) is 12.3. The van der Waals surface area contributed by atoms with E-state index in [1.165, 1.54) is 6.08 Å². The Bertz CT molecular complexity index is 530. The van der Waals surface area contributed by atoms with Crippen LogP contribution in [0.4, 0.5) is 0 Å². The Morgan fingerprint density at radius 2 is 2.43 bits per heavy atom. The number of carboxylic acid groups (broad SMARTS) is 1. The summed E-state index contributed by atoms with van der Waals surface area (Å²) in [5.41, 5.74) is 1.32. The summed E-state index contributed by atoms with van der Waals surface area (Å²) >= 11 is 0. The van der Waals surface area contributed by atoms with Crippen LogP contribution < -0.4 is 4.74 Å². The van der Waals surface area contributed by atoms with Crippen molar-refractivity contribution >= 4 is 12.0 Å². The van der Waals surface area contributed by atoms with E-state index in [0.29, 0.717) is 24.7 Å². The molecule has 0 aliphatic carbocycles. The van der Waals surface area contributed by atoms with Crippen molar-refractivity contribution in [3.63, 3.8) is 0 Å². The number of pyridine rings is 1. The van der Waals surface area contributed by atoms with Gasteiger partial charge in [-0.25, -0.2) is 9.78 Å². The largest absolute Gasteiger partial charge is 0.489 e. The second-order valence-electron chi connectivity index (χ2n) is 5.07. The van der Waals surface area contributed by atoms with E-state index in [9.17, 15) is 4.79 Å². The fraction of sp³-hybridized carbons (Fsp3) is 0.467. The second-order valence-corrected chi connectivity index (χ2v) is 5.07. The summed E-state index contributed by atoms with van der Waals surface area (Å²) in [7, 11) is 2.05. The van der Waals surface area contributed by atoms with Crippen LogP contribution in [0.5, 0.6) is 5.75 Å². The summed E-state index contributed by atoms with van der Waals surface area (Å²) in [5, 5.41) is 8.72. The quantitative estimate of drug-likeness (QED) is 0.822. The lowest BCUT2D eigenvalue weighted by atomic mass is 10.2. The van der Waals surface area contributed by atoms with Crippen LogP contribution in [0.1, 0.15) is 11.4 Å². The van der Waals surface area contributed by atoms with Gasteiger partial charge in [0.1, 0.15) is 24.2 Å². The van der Waals surface area contributed by atoms with Crippen molar-refractivity contribution in [3.8, 4) is 5.75 Å². The van der Waals surface area contributed by atoms with E-state index in [0.717, 1.165) is 24.9 Å². The predicted molar refractivity (Wildman–Crippen MR) is 78.4 cm³/mol. The Morgan fingerprint density at radius 1 is 1.62 bits per heavy atom. The number of aryl methyl sites for hydroxylation is 1. The van der Waals surface area contributed by atoms with Crippen molar-refractivity contribution in [3.05, 3.63) is 29.6 Å². The first-order chi connectivity index (χ1) is 10.0. The number of likely N-dealkylation sites (N-methyl/N-ethyl adjacent to an activating group) is 1. The molecule has 1 aliphatic heterocycles. The number of carbonyl (C=O) groups is 1. The summed E-state index contributed by atoms with van der Waals surface area (Å²) in [6.45, 7) is 4.71. The molecule has 0 amide bonds. The van der Waals surface area contributed by atoms with Crippen LogP contribution in [-0.2, 0) is 9.53 Å². The highest BCUT2D eigenvalue weighted by Crippen LogP contribution is 2.19. The molecule has 2 rings (SSSR count). The fourth-order valence-corrected chi connectivity index (χ4v) is 2.11. The molecule has 1 atom stereocenters. The average molecular weight is 292 g/mol. The fourth-order valence-electron chi connectivity index (χ4n) is 2.11. The van der Waals surface area contributed by atoms with Crippen LogP contribution >= 0.6 is 0 Å². The van der Waals surface area contributed by atoms with E-state index in [4.69, 9.17) is 14.6 Å². The van der Waals surface area contributed by atoms with Crippen molar-refractivity contribution in [2.75, 3.05) is 33.4 Å². The van der Waals surface area contributed by atoms with Crippen LogP contribution in [-0.4, -0.2) is 60.4 Å². The maximum atomic E-state index is 10.6. The molecule has 6 nitrogen and oxygen atoms in total. The van der Waals surface area contributed by atoms with Crippen molar-refractivity contribution in [2.45, 2.75) is 13.0 Å². The molecule has 1 saturated heterocycles. The molecule has 0 bridgehead atoms. The molecule has 0 spiro atoms. The van der Waals surface area contributed by atoms with Crippen LogP contribution in [0.3, 0.4) is 0 Å². The molecule has 1 N–H and O–H groups in total. The van der Waals surface area contributed by atoms with Gasteiger partial charge >= 0.3 is 5.97 Å². The molecule has 21 heavy (non-hydrogen) atoms. The topological polar surface area (TPSA) is 71.9 Å². The van der Waals surface area contributed by atoms with Gasteiger partial charge in [-0.05, 0) is 32.2 Å². The highest BCUT2D eigenvalue weighted by molar-refractivity contribution is 5.85. The van der Waals surface area contributed by atoms with Crippen LogP contribution in [0.25, 0.3) is 6.08 Å². The van der Waals surface area contributed by atoms with Crippen molar-refractivity contribution < 1.29 is 19.4 Å². The molecule has 1 aromatic rings. The van der Waals surface area contributed by atoms with E-state index >= 15 is 0 Å². The number of hydrogen-bond donors (Lipinski definition) is 1. The van der Waals surface area contributed by atoms with Crippen molar-refractivity contribution in [1.29, 1.82) is 0 Å². The summed E-state index contributed by atoms with van der Waals surface area (Å²) in [4.78, 5) is 17.1. The van der Waals surface area contributed by atoms with Gasteiger partial charge in [-0.1, -0.05) is 0 Å². The van der Waals surface area contributed by atoms with Crippen LogP contribution in [0, 0.1) is 6.92 Å². The second kappa shape index (κ2) is 7.19. The summed E-state index contributed by atoms with van der Waals surface area (Å²) < 4.78 is 11.4. The maximum absolute atomic E-state index is 10.6. The van der Waals surface area contributed by atoms with Gasteiger partial charge < -0.3 is 19.5 Å². The third-order valence-electron chi connectivity index (χ3n) is 3.18. The van der Waals surface area contributed by atoms with Crippen LogP contribution in [0.2, 0.25) is 0 Å². The van der Waals surface area contributed by atoms with Gasteiger partial charge in [-0.15, -0.1) is 0 Å². The van der Waals surface area contributed by atoms with E-state index in [2.05, 4.69) is 9.88 Å². The van der Waals surface area contributed by atoms with Gasteiger partial charge in [0.15, 0.2) is 0 Å². The molecule has 1 aliphatic rings. The minimum atomic E-state index is -1.01. The lowest BCUT2D eigenvalue weighted by Gasteiger charge is -2.29. The SMILES string of the molecule is Cc1ccc(OCC2CN(C)CCO2)c(C=CC(=O)O)n1. The minimum absolute atomic E-state index is 0.0151. The molecule has 1 aromatic heterocycles. The number of aromatic nitrogens is 1. The number of morpholine rings is 1. The van der Waals surface area contributed by atoms with E-state index in [1.54, 1.807) is 6.07 Å². The Balaban J connectivity index is 2.03. The van der Waals surface area contributed by atoms with Gasteiger partial charge in [0.05, 0.1) is 6.61 Å². The molecule has 2 heterocycles. The molecule has 0 aromatic carbocycles. The van der Waals surface area contributed by atoms with Gasteiger partial charge in [-0.2, -0.15) is 0 Å². The molecular formula is C15H20N2O4. The first-order valence-electron chi connectivity index (χ1n) is 6.86. The maximum Gasteiger partial charge on any atom is 0.328 e. The number of ether oxygens (including phenoxy) is 2. The summed E-state index contributed by atoms with van der Waals surface area (Å²) in [5.74, 6) is -0.448. The number of carboxylic acids is 1. The lowest BCUT2D eigenvalue weighted by molar-refractivity contribution is -0.131. The van der Waals surface area contributed by atoms with Gasteiger partial charge in [0.25, 0.3) is 0 Å². The molecule has 0 radical (unpaired) electrons. The van der Waals surface area contributed by atoms with E-state index in [1.807, 2.05) is 20.0 Å². The summed E-state index contributed by atoms with van der Waals surface area (Å²) in [6, 6.07) is 3.64. The number of hydrogen-bond acceptors (Lipinski definition) is 5. The number of nitrogens with zero attached hydrogens (tertiary/aromatic N) is 2. The lowest BCUT2D eigenvalue weighted by Crippen LogP contribution is -2.42. The third kappa shape index (κ3) is 4.84. The first kappa shape index (κ1) is 15.5. The highest BCUT2D eigenvalue weighted by Gasteiger charge is 2.18. The Hall–Kier alpha value is -1.92. The van der Waals surface area contributed by atoms with Crippen LogP contribution in [0.15, 0.2) is 18.2 Å². The van der Waals surface area contributed by atoms with E-state index in [-0.39, 0.29) is 6.10 Å². The number of aliphatic carboxylic acids is 1. The standard InChI is InChI=1S/C15H20N2O4/c1-11-3-5-14(13(16-11)4-6-15(18)19)21-10-12-9-17(2)7-8-20-12/h3-6,12H,7-10H2,1-2H3,(H,18,19). The van der Waals surface area contributed by atoms with Gasteiger partial charge in [0.2, 0.25) is 0 Å². The monoisotopic (exact) mass is 292 g/mol. The molecule has 6 heteroatoms. The Labute approximate surface area is 124 Å². The average Bonchev–Trinajstić information content (AvgIpc) is 2.44. The van der Waals surface area contributed by atoms with Crippen molar-refractivity contribution in [1.82, 2.24) is 9.88 Å². The smallest absolute Gasteiger partial charge is 0.328 e. The Morgan fingerprint density at radius 3 is 3.14 bits per heavy atom. The molecular weight excluding hydrogens is 272 g/mol. The zero-order chi connectivity index (χ0) is 15.2. The third-order valence-corrected chi connectivity index (χ3v) is 3.18. The molecule has 114 valence electrons. The van der Waals surface area contributed by atoms with Gasteiger partial charge in [-0.3, -0.25) is 0 Å². The number of rotatable bonds is 5. The van der Waals surface area contributed by atoms with E-state index < -0.39 is 5.97 Å². The summed E-state index contributed by atoms with van der Waals surface area (Å²) in [6.07, 6.45) is 2.51. The zero-order valence-corrected chi connectivity index (χ0v) is 12.3. The molecule has 0 saturated carbocycles. The predicted octanol–water partition coefficient (Wildman–Crippen LogP) is 1.20. The minimum Gasteiger partial charge on any atom is -0.489 e. The van der Waals surface area contributed by atoms with Crippen molar-refractivity contribution in [2.24, 2.45) is 0 Å². The Kier molecular flexibility index (Phi) is 5.30. The molecule has 1 unspecified atom stereocenters. The first-order valence-corrected chi connectivity index (χ1v) is 6.86. The highest BCUT2D eigenvalue weighted by atomic mass is 16.5. The normalized spacial score (nSPS) is 19.8.